The van der Waals surface area contributed by atoms with Crippen molar-refractivity contribution in [1.82, 2.24) is 19.8 Å². The number of alkyl halides is 3. The number of hydrogen-bond donors (Lipinski definition) is 1. The van der Waals surface area contributed by atoms with E-state index in [9.17, 15) is 22.8 Å². The molecule has 2 aliphatic heterocycles. The van der Waals surface area contributed by atoms with Gasteiger partial charge in [0.2, 0.25) is 17.8 Å². The SMILES string of the molecule is Cc1cnc(N2C[C@@H]3CCN(CC(=O)N(C)C)C(=O)[C@H]3C2)nc1.O=C(O)C(F)(F)F. The molecule has 9 nitrogen and oxygen atoms in total. The Morgan fingerprint density at radius 2 is 1.80 bits per heavy atom. The van der Waals surface area contributed by atoms with Crippen molar-refractivity contribution in [2.24, 2.45) is 11.8 Å². The number of amides is 2. The van der Waals surface area contributed by atoms with Gasteiger partial charge in [-0.25, -0.2) is 14.8 Å². The van der Waals surface area contributed by atoms with Crippen molar-refractivity contribution in [3.05, 3.63) is 18.0 Å². The molecule has 0 radical (unpaired) electrons. The lowest BCUT2D eigenvalue weighted by Crippen LogP contribution is -2.49. The number of hydrogen-bond acceptors (Lipinski definition) is 6. The highest BCUT2D eigenvalue weighted by molar-refractivity contribution is 5.87. The standard InChI is InChI=1S/C16H23N5O2.C2HF3O2/c1-11-6-17-16(18-7-11)21-8-12-4-5-20(10-14(22)19(2)3)15(23)13(12)9-21;3-2(4,5)1(6)7/h6-7,12-13H,4-5,8-10H2,1-3H3;(H,6,7)/t12-,13-;/m0./s1. The highest BCUT2D eigenvalue weighted by Crippen LogP contribution is 2.33. The Balaban J connectivity index is 0.000000396. The van der Waals surface area contributed by atoms with Crippen LogP contribution in [-0.4, -0.2) is 89.1 Å². The predicted octanol–water partition coefficient (Wildman–Crippen LogP) is 0.791. The zero-order valence-electron chi connectivity index (χ0n) is 16.9. The van der Waals surface area contributed by atoms with Gasteiger partial charge in [0.15, 0.2) is 0 Å². The molecule has 166 valence electrons. The molecule has 2 amide bonds. The summed E-state index contributed by atoms with van der Waals surface area (Å²) in [6.45, 7) is 4.24. The quantitative estimate of drug-likeness (QED) is 0.754. The average Bonchev–Trinajstić information content (AvgIpc) is 3.09. The van der Waals surface area contributed by atoms with Crippen LogP contribution in [0, 0.1) is 18.8 Å². The molecule has 30 heavy (non-hydrogen) atoms. The van der Waals surface area contributed by atoms with Crippen LogP contribution in [0.5, 0.6) is 0 Å². The Bertz CT molecular complexity index is 785. The third-order valence-electron chi connectivity index (χ3n) is 4.96. The molecule has 0 aliphatic carbocycles. The summed E-state index contributed by atoms with van der Waals surface area (Å²) < 4.78 is 31.7. The van der Waals surface area contributed by atoms with Gasteiger partial charge in [0, 0.05) is 46.1 Å². The van der Waals surface area contributed by atoms with Crippen LogP contribution < -0.4 is 4.90 Å². The first kappa shape index (κ1) is 23.4. The zero-order valence-corrected chi connectivity index (χ0v) is 16.9. The minimum absolute atomic E-state index is 0.0338. The van der Waals surface area contributed by atoms with E-state index in [0.29, 0.717) is 25.0 Å². The Hall–Kier alpha value is -2.92. The van der Waals surface area contributed by atoms with Crippen molar-refractivity contribution in [2.75, 3.05) is 45.2 Å². The van der Waals surface area contributed by atoms with Crippen LogP contribution in [0.25, 0.3) is 0 Å². The number of anilines is 1. The summed E-state index contributed by atoms with van der Waals surface area (Å²) in [6.07, 6.45) is -0.554. The number of aryl methyl sites for hydroxylation is 1. The molecule has 2 atom stereocenters. The number of carbonyl (C=O) groups is 3. The van der Waals surface area contributed by atoms with E-state index < -0.39 is 12.1 Å². The summed E-state index contributed by atoms with van der Waals surface area (Å²) in [5.41, 5.74) is 1.02. The number of nitrogens with zero attached hydrogens (tertiary/aromatic N) is 5. The summed E-state index contributed by atoms with van der Waals surface area (Å²) >= 11 is 0. The highest BCUT2D eigenvalue weighted by atomic mass is 19.4. The van der Waals surface area contributed by atoms with E-state index in [-0.39, 0.29) is 24.3 Å². The second-order valence-corrected chi connectivity index (χ2v) is 7.47. The number of carbonyl (C=O) groups excluding carboxylic acids is 2. The largest absolute Gasteiger partial charge is 0.490 e. The molecule has 2 aliphatic rings. The number of carboxylic acid groups (broad SMARTS) is 1. The minimum atomic E-state index is -5.08. The van der Waals surface area contributed by atoms with E-state index in [2.05, 4.69) is 14.9 Å². The molecular weight excluding hydrogens is 407 g/mol. The van der Waals surface area contributed by atoms with Crippen molar-refractivity contribution in [3.8, 4) is 0 Å². The number of aromatic nitrogens is 2. The van der Waals surface area contributed by atoms with Crippen LogP contribution in [0.3, 0.4) is 0 Å². The van der Waals surface area contributed by atoms with Gasteiger partial charge in [-0.3, -0.25) is 9.59 Å². The van der Waals surface area contributed by atoms with Crippen LogP contribution in [0.4, 0.5) is 19.1 Å². The Morgan fingerprint density at radius 3 is 2.30 bits per heavy atom. The predicted molar refractivity (Wildman–Crippen MR) is 99.5 cm³/mol. The zero-order chi connectivity index (χ0) is 22.6. The molecule has 0 aromatic carbocycles. The van der Waals surface area contributed by atoms with Gasteiger partial charge >= 0.3 is 12.1 Å². The van der Waals surface area contributed by atoms with Crippen LogP contribution >= 0.6 is 0 Å². The molecule has 0 saturated carbocycles. The topological polar surface area (TPSA) is 107 Å². The molecule has 1 aromatic heterocycles. The molecule has 0 unspecified atom stereocenters. The number of halogens is 3. The second-order valence-electron chi connectivity index (χ2n) is 7.47. The van der Waals surface area contributed by atoms with Gasteiger partial charge in [0.25, 0.3) is 0 Å². The van der Waals surface area contributed by atoms with Gasteiger partial charge in [0.05, 0.1) is 12.5 Å². The normalized spacial score (nSPS) is 20.9. The van der Waals surface area contributed by atoms with E-state index in [1.165, 1.54) is 4.90 Å². The summed E-state index contributed by atoms with van der Waals surface area (Å²) in [4.78, 5) is 47.5. The summed E-state index contributed by atoms with van der Waals surface area (Å²) in [7, 11) is 3.43. The van der Waals surface area contributed by atoms with Crippen molar-refractivity contribution < 1.29 is 32.7 Å². The molecular formula is C18H24F3N5O4. The molecule has 12 heteroatoms. The lowest BCUT2D eigenvalue weighted by Gasteiger charge is -2.33. The van der Waals surface area contributed by atoms with Gasteiger partial charge in [-0.1, -0.05) is 0 Å². The Kier molecular flexibility index (Phi) is 7.21. The molecule has 0 spiro atoms. The molecule has 3 rings (SSSR count). The van der Waals surface area contributed by atoms with E-state index in [4.69, 9.17) is 9.90 Å². The van der Waals surface area contributed by atoms with Crippen molar-refractivity contribution in [2.45, 2.75) is 19.5 Å². The first-order chi connectivity index (χ1) is 13.9. The summed E-state index contributed by atoms with van der Waals surface area (Å²) in [6, 6.07) is 0. The third-order valence-corrected chi connectivity index (χ3v) is 4.96. The molecule has 1 aromatic rings. The van der Waals surface area contributed by atoms with Crippen molar-refractivity contribution >= 4 is 23.7 Å². The summed E-state index contributed by atoms with van der Waals surface area (Å²) in [5, 5.41) is 7.12. The molecule has 2 saturated heterocycles. The smallest absolute Gasteiger partial charge is 0.475 e. The molecule has 1 N–H and O–H groups in total. The summed E-state index contributed by atoms with van der Waals surface area (Å²) in [5.74, 6) is -1.73. The first-order valence-electron chi connectivity index (χ1n) is 9.22. The second kappa shape index (κ2) is 9.26. The van der Waals surface area contributed by atoms with Crippen LogP contribution in [0.1, 0.15) is 12.0 Å². The third kappa shape index (κ3) is 5.80. The van der Waals surface area contributed by atoms with E-state index in [1.54, 1.807) is 31.4 Å². The van der Waals surface area contributed by atoms with Crippen molar-refractivity contribution in [1.29, 1.82) is 0 Å². The fraction of sp³-hybridized carbons (Fsp3) is 0.611. The minimum Gasteiger partial charge on any atom is -0.475 e. The maximum Gasteiger partial charge on any atom is 0.490 e. The van der Waals surface area contributed by atoms with Gasteiger partial charge in [-0.15, -0.1) is 0 Å². The monoisotopic (exact) mass is 431 g/mol. The Morgan fingerprint density at radius 1 is 1.23 bits per heavy atom. The average molecular weight is 431 g/mol. The van der Waals surface area contributed by atoms with Crippen LogP contribution in [-0.2, 0) is 14.4 Å². The van der Waals surface area contributed by atoms with Crippen LogP contribution in [0.2, 0.25) is 0 Å². The van der Waals surface area contributed by atoms with Gasteiger partial charge in [0.1, 0.15) is 0 Å². The molecule has 0 bridgehead atoms. The maximum atomic E-state index is 12.7. The van der Waals surface area contributed by atoms with Gasteiger partial charge in [-0.05, 0) is 24.8 Å². The Labute approximate surface area is 171 Å². The number of likely N-dealkylation sites (tertiary alicyclic amines) is 1. The fourth-order valence-corrected chi connectivity index (χ4v) is 3.28. The number of fused-ring (bicyclic) bond motifs is 1. The lowest BCUT2D eigenvalue weighted by molar-refractivity contribution is -0.192. The number of rotatable bonds is 3. The van der Waals surface area contributed by atoms with Gasteiger partial charge < -0.3 is 19.8 Å². The number of aliphatic carboxylic acids is 1. The fourth-order valence-electron chi connectivity index (χ4n) is 3.28. The highest BCUT2D eigenvalue weighted by Gasteiger charge is 2.44. The van der Waals surface area contributed by atoms with E-state index in [1.807, 2.05) is 6.92 Å². The number of carboxylic acids is 1. The van der Waals surface area contributed by atoms with Crippen LogP contribution in [0.15, 0.2) is 12.4 Å². The van der Waals surface area contributed by atoms with Gasteiger partial charge in [-0.2, -0.15) is 13.2 Å². The van der Waals surface area contributed by atoms with E-state index >= 15 is 0 Å². The maximum absolute atomic E-state index is 12.7. The van der Waals surface area contributed by atoms with Crippen molar-refractivity contribution in [3.63, 3.8) is 0 Å². The molecule has 2 fully saturated rings. The number of piperidine rings is 1. The van der Waals surface area contributed by atoms with E-state index in [0.717, 1.165) is 18.5 Å². The lowest BCUT2D eigenvalue weighted by atomic mass is 9.88. The first-order valence-corrected chi connectivity index (χ1v) is 9.22. The molecule has 3 heterocycles. The number of likely N-dealkylation sites (N-methyl/N-ethyl adjacent to an activating group) is 1.